The molecule has 2 aromatic rings. The first-order chi connectivity index (χ1) is 8.15. The van der Waals surface area contributed by atoms with Crippen LogP contribution in [0.1, 0.15) is 19.4 Å². The zero-order valence-corrected chi connectivity index (χ0v) is 11.9. The molecule has 0 bridgehead atoms. The van der Waals surface area contributed by atoms with Gasteiger partial charge in [-0.1, -0.05) is 22.9 Å². The molecule has 0 aliphatic heterocycles. The van der Waals surface area contributed by atoms with Crippen LogP contribution in [0.4, 0.5) is 0 Å². The summed E-state index contributed by atoms with van der Waals surface area (Å²) >= 11 is 3.52. The third-order valence-corrected chi connectivity index (χ3v) is 3.64. The molecular formula is C14H18BrNO. The van der Waals surface area contributed by atoms with Crippen molar-refractivity contribution in [3.05, 3.63) is 34.4 Å². The maximum absolute atomic E-state index is 9.17. The van der Waals surface area contributed by atoms with Gasteiger partial charge in [-0.3, -0.25) is 0 Å². The number of aliphatic hydroxyl groups is 1. The van der Waals surface area contributed by atoms with Crippen LogP contribution >= 0.6 is 15.9 Å². The summed E-state index contributed by atoms with van der Waals surface area (Å²) in [5.41, 5.74) is 2.60. The van der Waals surface area contributed by atoms with Gasteiger partial charge in [-0.25, -0.2) is 0 Å². The van der Waals surface area contributed by atoms with Crippen molar-refractivity contribution in [2.75, 3.05) is 6.61 Å². The van der Waals surface area contributed by atoms with E-state index in [4.69, 9.17) is 0 Å². The van der Waals surface area contributed by atoms with E-state index in [1.807, 2.05) is 0 Å². The number of nitrogens with zero attached hydrogens (tertiary/aromatic N) is 1. The van der Waals surface area contributed by atoms with E-state index >= 15 is 0 Å². The van der Waals surface area contributed by atoms with Crippen LogP contribution in [0.5, 0.6) is 0 Å². The van der Waals surface area contributed by atoms with Crippen molar-refractivity contribution in [3.8, 4) is 0 Å². The number of hydrogen-bond acceptors (Lipinski definition) is 1. The highest BCUT2D eigenvalue weighted by atomic mass is 79.9. The molecule has 1 heterocycles. The lowest BCUT2D eigenvalue weighted by Crippen LogP contribution is -2.04. The van der Waals surface area contributed by atoms with Crippen LogP contribution in [0.25, 0.3) is 10.9 Å². The molecule has 17 heavy (non-hydrogen) atoms. The summed E-state index contributed by atoms with van der Waals surface area (Å²) in [7, 11) is 0. The maximum atomic E-state index is 9.17. The summed E-state index contributed by atoms with van der Waals surface area (Å²) in [6, 6.07) is 6.39. The van der Waals surface area contributed by atoms with E-state index in [0.717, 1.165) is 17.4 Å². The third kappa shape index (κ3) is 2.55. The molecule has 1 N–H and O–H groups in total. The highest BCUT2D eigenvalue weighted by Gasteiger charge is 2.10. The van der Waals surface area contributed by atoms with Gasteiger partial charge < -0.3 is 9.67 Å². The van der Waals surface area contributed by atoms with Crippen molar-refractivity contribution in [1.82, 2.24) is 4.57 Å². The molecule has 0 radical (unpaired) electrons. The summed E-state index contributed by atoms with van der Waals surface area (Å²) in [6.07, 6.45) is 3.14. The number of halogens is 1. The topological polar surface area (TPSA) is 25.2 Å². The first kappa shape index (κ1) is 12.7. The van der Waals surface area contributed by atoms with E-state index in [9.17, 15) is 5.11 Å². The van der Waals surface area contributed by atoms with Gasteiger partial charge in [0.15, 0.2) is 0 Å². The van der Waals surface area contributed by atoms with Crippen molar-refractivity contribution < 1.29 is 5.11 Å². The third-order valence-electron chi connectivity index (χ3n) is 3.15. The molecule has 1 atom stereocenters. The van der Waals surface area contributed by atoms with Gasteiger partial charge in [0.05, 0.1) is 0 Å². The second-order valence-electron chi connectivity index (χ2n) is 4.59. The summed E-state index contributed by atoms with van der Waals surface area (Å²) in [4.78, 5) is 0. The van der Waals surface area contributed by atoms with E-state index < -0.39 is 0 Å². The Morgan fingerprint density at radius 3 is 2.82 bits per heavy atom. The number of hydrogen-bond donors (Lipinski definition) is 1. The molecule has 1 unspecified atom stereocenters. The first-order valence-corrected chi connectivity index (χ1v) is 6.83. The summed E-state index contributed by atoms with van der Waals surface area (Å²) in [5, 5.41) is 10.5. The van der Waals surface area contributed by atoms with Gasteiger partial charge >= 0.3 is 0 Å². The van der Waals surface area contributed by atoms with Crippen LogP contribution in [-0.2, 0) is 13.0 Å². The Hall–Kier alpha value is -0.800. The lowest BCUT2D eigenvalue weighted by atomic mass is 10.0. The van der Waals surface area contributed by atoms with Gasteiger partial charge in [-0.2, -0.15) is 0 Å². The second kappa shape index (κ2) is 5.23. The van der Waals surface area contributed by atoms with Gasteiger partial charge in [0.2, 0.25) is 0 Å². The standard InChI is InChI=1S/C14H18BrNO/c1-3-16-8-11(6-10(2)9-17)13-7-12(15)4-5-14(13)16/h4-5,7-8,10,17H,3,6,9H2,1-2H3. The maximum Gasteiger partial charge on any atom is 0.0483 e. The molecular weight excluding hydrogens is 278 g/mol. The Morgan fingerprint density at radius 2 is 2.18 bits per heavy atom. The van der Waals surface area contributed by atoms with Crippen molar-refractivity contribution in [1.29, 1.82) is 0 Å². The van der Waals surface area contributed by atoms with Crippen molar-refractivity contribution in [3.63, 3.8) is 0 Å². The fourth-order valence-electron chi connectivity index (χ4n) is 2.21. The summed E-state index contributed by atoms with van der Waals surface area (Å²) < 4.78 is 3.37. The molecule has 0 fully saturated rings. The molecule has 3 heteroatoms. The number of aromatic nitrogens is 1. The van der Waals surface area contributed by atoms with E-state index in [-0.39, 0.29) is 6.61 Å². The lowest BCUT2D eigenvalue weighted by molar-refractivity contribution is 0.237. The average Bonchev–Trinajstić information content (AvgIpc) is 2.66. The van der Waals surface area contributed by atoms with Crippen LogP contribution in [0.2, 0.25) is 0 Å². The molecule has 0 amide bonds. The number of rotatable bonds is 4. The number of benzene rings is 1. The Bertz CT molecular complexity index is 518. The van der Waals surface area contributed by atoms with E-state index in [1.54, 1.807) is 0 Å². The Labute approximate surface area is 110 Å². The second-order valence-corrected chi connectivity index (χ2v) is 5.51. The summed E-state index contributed by atoms with van der Waals surface area (Å²) in [6.45, 7) is 5.45. The number of aliphatic hydroxyl groups excluding tert-OH is 1. The predicted octanol–water partition coefficient (Wildman–Crippen LogP) is 3.59. The predicted molar refractivity (Wildman–Crippen MR) is 75.3 cm³/mol. The largest absolute Gasteiger partial charge is 0.396 e. The van der Waals surface area contributed by atoms with Gasteiger partial charge in [0.25, 0.3) is 0 Å². The minimum atomic E-state index is 0.243. The van der Waals surface area contributed by atoms with E-state index in [0.29, 0.717) is 5.92 Å². The minimum Gasteiger partial charge on any atom is -0.396 e. The van der Waals surface area contributed by atoms with Crippen LogP contribution in [0.15, 0.2) is 28.9 Å². The van der Waals surface area contributed by atoms with Crippen LogP contribution in [0, 0.1) is 5.92 Å². The quantitative estimate of drug-likeness (QED) is 0.916. The molecule has 1 aromatic heterocycles. The number of fused-ring (bicyclic) bond motifs is 1. The Morgan fingerprint density at radius 1 is 1.41 bits per heavy atom. The molecule has 0 aliphatic carbocycles. The van der Waals surface area contributed by atoms with Crippen LogP contribution < -0.4 is 0 Å². The molecule has 2 nitrogen and oxygen atoms in total. The fraction of sp³-hybridized carbons (Fsp3) is 0.429. The lowest BCUT2D eigenvalue weighted by Gasteiger charge is -2.06. The van der Waals surface area contributed by atoms with Gasteiger partial charge in [-0.15, -0.1) is 0 Å². The average molecular weight is 296 g/mol. The van der Waals surface area contributed by atoms with Crippen molar-refractivity contribution in [2.24, 2.45) is 5.92 Å². The fourth-order valence-corrected chi connectivity index (χ4v) is 2.57. The monoisotopic (exact) mass is 295 g/mol. The molecule has 0 saturated carbocycles. The van der Waals surface area contributed by atoms with Crippen LogP contribution in [-0.4, -0.2) is 16.3 Å². The normalized spacial score (nSPS) is 13.2. The zero-order valence-electron chi connectivity index (χ0n) is 10.3. The number of aryl methyl sites for hydroxylation is 1. The summed E-state index contributed by atoms with van der Waals surface area (Å²) in [5.74, 6) is 0.310. The molecule has 1 aromatic carbocycles. The van der Waals surface area contributed by atoms with E-state index in [2.05, 4.69) is 58.7 Å². The highest BCUT2D eigenvalue weighted by Crippen LogP contribution is 2.27. The minimum absolute atomic E-state index is 0.243. The van der Waals surface area contributed by atoms with Gasteiger partial charge in [0, 0.05) is 34.7 Å². The molecule has 0 saturated heterocycles. The molecule has 92 valence electrons. The molecule has 0 spiro atoms. The van der Waals surface area contributed by atoms with Crippen molar-refractivity contribution in [2.45, 2.75) is 26.8 Å². The van der Waals surface area contributed by atoms with Crippen LogP contribution in [0.3, 0.4) is 0 Å². The van der Waals surface area contributed by atoms with E-state index in [1.165, 1.54) is 16.5 Å². The molecule has 2 rings (SSSR count). The Kier molecular flexibility index (Phi) is 3.89. The first-order valence-electron chi connectivity index (χ1n) is 6.03. The van der Waals surface area contributed by atoms with Crippen molar-refractivity contribution >= 4 is 26.8 Å². The highest BCUT2D eigenvalue weighted by molar-refractivity contribution is 9.10. The molecule has 0 aliphatic rings. The smallest absolute Gasteiger partial charge is 0.0483 e. The van der Waals surface area contributed by atoms with Gasteiger partial charge in [0.1, 0.15) is 0 Å². The zero-order chi connectivity index (χ0) is 12.4. The van der Waals surface area contributed by atoms with Gasteiger partial charge in [-0.05, 0) is 43.0 Å². The SMILES string of the molecule is CCn1cc(CC(C)CO)c2cc(Br)ccc21. The Balaban J connectivity index is 2.50.